The molecular formula is C26H26BrN3O2. The fraction of sp³-hybridized carbons (Fsp3) is 0.231. The van der Waals surface area contributed by atoms with E-state index in [4.69, 9.17) is 9.72 Å². The van der Waals surface area contributed by atoms with Crippen molar-refractivity contribution in [2.75, 3.05) is 6.61 Å². The van der Waals surface area contributed by atoms with Crippen molar-refractivity contribution < 1.29 is 9.53 Å². The third-order valence-corrected chi connectivity index (χ3v) is 5.85. The highest BCUT2D eigenvalue weighted by Crippen LogP contribution is 2.20. The van der Waals surface area contributed by atoms with Crippen molar-refractivity contribution in [3.05, 3.63) is 94.2 Å². The van der Waals surface area contributed by atoms with E-state index in [2.05, 4.69) is 51.8 Å². The maximum absolute atomic E-state index is 12.6. The number of fused-ring (bicyclic) bond motifs is 1. The van der Waals surface area contributed by atoms with Crippen LogP contribution in [-0.2, 0) is 13.1 Å². The smallest absolute Gasteiger partial charge is 0.251 e. The Morgan fingerprint density at radius 2 is 1.84 bits per heavy atom. The summed E-state index contributed by atoms with van der Waals surface area (Å²) in [6.07, 6.45) is 0. The largest absolute Gasteiger partial charge is 0.492 e. The summed E-state index contributed by atoms with van der Waals surface area (Å²) in [6, 6.07) is 23.6. The monoisotopic (exact) mass is 491 g/mol. The van der Waals surface area contributed by atoms with Crippen LogP contribution >= 0.6 is 15.9 Å². The number of halogens is 1. The Labute approximate surface area is 196 Å². The molecule has 0 aliphatic rings. The first-order valence-electron chi connectivity index (χ1n) is 10.7. The first-order valence-corrected chi connectivity index (χ1v) is 11.5. The second-order valence-corrected chi connectivity index (χ2v) is 8.85. The molecule has 1 heterocycles. The second-order valence-electron chi connectivity index (χ2n) is 7.93. The highest BCUT2D eigenvalue weighted by atomic mass is 79.9. The topological polar surface area (TPSA) is 56.1 Å². The van der Waals surface area contributed by atoms with Crippen LogP contribution in [0, 0.1) is 0 Å². The zero-order valence-corrected chi connectivity index (χ0v) is 19.8. The van der Waals surface area contributed by atoms with Crippen LogP contribution in [0.3, 0.4) is 0 Å². The van der Waals surface area contributed by atoms with Crippen LogP contribution < -0.4 is 10.1 Å². The molecule has 5 nitrogen and oxygen atoms in total. The number of hydrogen-bond donors (Lipinski definition) is 1. The van der Waals surface area contributed by atoms with Gasteiger partial charge in [0.1, 0.15) is 18.2 Å². The molecular weight excluding hydrogens is 466 g/mol. The van der Waals surface area contributed by atoms with E-state index in [1.54, 1.807) is 12.1 Å². The first-order chi connectivity index (χ1) is 15.5. The quantitative estimate of drug-likeness (QED) is 0.332. The molecule has 0 aliphatic heterocycles. The van der Waals surface area contributed by atoms with E-state index in [0.717, 1.165) is 27.1 Å². The lowest BCUT2D eigenvalue weighted by Gasteiger charge is -2.12. The molecule has 32 heavy (non-hydrogen) atoms. The van der Waals surface area contributed by atoms with Gasteiger partial charge >= 0.3 is 0 Å². The van der Waals surface area contributed by atoms with E-state index in [1.807, 2.05) is 48.5 Å². The van der Waals surface area contributed by atoms with Gasteiger partial charge in [-0.05, 0) is 53.9 Å². The fourth-order valence-electron chi connectivity index (χ4n) is 3.60. The van der Waals surface area contributed by atoms with Crippen molar-refractivity contribution in [3.63, 3.8) is 0 Å². The Bertz CT molecular complexity index is 1220. The summed E-state index contributed by atoms with van der Waals surface area (Å²) in [5.41, 5.74) is 3.83. The van der Waals surface area contributed by atoms with Gasteiger partial charge < -0.3 is 14.6 Å². The zero-order chi connectivity index (χ0) is 22.5. The molecule has 4 aromatic rings. The number of aromatic nitrogens is 2. The van der Waals surface area contributed by atoms with Gasteiger partial charge in [-0.25, -0.2) is 4.98 Å². The molecule has 0 saturated heterocycles. The van der Waals surface area contributed by atoms with E-state index in [9.17, 15) is 4.79 Å². The minimum Gasteiger partial charge on any atom is -0.492 e. The SMILES string of the molecule is CC(C)c1ccc(OCCn2c(CNC(=O)c3cccc(Br)c3)nc3ccccc32)cc1. The number of amides is 1. The van der Waals surface area contributed by atoms with Gasteiger partial charge in [0.25, 0.3) is 5.91 Å². The summed E-state index contributed by atoms with van der Waals surface area (Å²) >= 11 is 3.41. The van der Waals surface area contributed by atoms with Crippen molar-refractivity contribution in [1.82, 2.24) is 14.9 Å². The molecule has 1 amide bonds. The van der Waals surface area contributed by atoms with Crippen LogP contribution in [0.5, 0.6) is 5.75 Å². The Hall–Kier alpha value is -3.12. The van der Waals surface area contributed by atoms with Crippen LogP contribution in [-0.4, -0.2) is 22.1 Å². The van der Waals surface area contributed by atoms with Gasteiger partial charge in [-0.3, -0.25) is 4.79 Å². The van der Waals surface area contributed by atoms with Crippen LogP contribution in [0.4, 0.5) is 0 Å². The molecule has 0 aliphatic carbocycles. The number of rotatable bonds is 8. The van der Waals surface area contributed by atoms with E-state index < -0.39 is 0 Å². The van der Waals surface area contributed by atoms with Gasteiger partial charge in [-0.15, -0.1) is 0 Å². The standard InChI is InChI=1S/C26H26BrN3O2/c1-18(2)19-10-12-22(13-11-19)32-15-14-30-24-9-4-3-8-23(24)29-25(30)17-28-26(31)20-6-5-7-21(27)16-20/h3-13,16,18H,14-15,17H2,1-2H3,(H,28,31). The summed E-state index contributed by atoms with van der Waals surface area (Å²) < 4.78 is 8.97. The number of nitrogens with one attached hydrogen (secondary N) is 1. The van der Waals surface area contributed by atoms with Crippen molar-refractivity contribution in [1.29, 1.82) is 0 Å². The fourth-order valence-corrected chi connectivity index (χ4v) is 4.00. The maximum Gasteiger partial charge on any atom is 0.251 e. The van der Waals surface area contributed by atoms with Crippen molar-refractivity contribution in [2.45, 2.75) is 32.9 Å². The number of nitrogens with zero attached hydrogens (tertiary/aromatic N) is 2. The summed E-state index contributed by atoms with van der Waals surface area (Å²) in [7, 11) is 0. The first kappa shape index (κ1) is 22.1. The molecule has 0 spiro atoms. The second kappa shape index (κ2) is 10.0. The number of hydrogen-bond acceptors (Lipinski definition) is 3. The van der Waals surface area contributed by atoms with E-state index in [0.29, 0.717) is 31.2 Å². The number of para-hydroxylation sites is 2. The van der Waals surface area contributed by atoms with Gasteiger partial charge in [0, 0.05) is 10.0 Å². The molecule has 4 rings (SSSR count). The van der Waals surface area contributed by atoms with Gasteiger partial charge in [-0.1, -0.05) is 60.1 Å². The summed E-state index contributed by atoms with van der Waals surface area (Å²) in [5, 5.41) is 2.98. The molecule has 1 N–H and O–H groups in total. The van der Waals surface area contributed by atoms with E-state index >= 15 is 0 Å². The number of carbonyl (C=O) groups excluding carboxylic acids is 1. The zero-order valence-electron chi connectivity index (χ0n) is 18.2. The van der Waals surface area contributed by atoms with Crippen LogP contribution in [0.15, 0.2) is 77.3 Å². The van der Waals surface area contributed by atoms with Gasteiger partial charge in [0.15, 0.2) is 0 Å². The Morgan fingerprint density at radius 3 is 2.59 bits per heavy atom. The minimum atomic E-state index is -0.133. The third kappa shape index (κ3) is 5.19. The van der Waals surface area contributed by atoms with Crippen molar-refractivity contribution in [2.24, 2.45) is 0 Å². The average molecular weight is 492 g/mol. The van der Waals surface area contributed by atoms with Crippen LogP contribution in [0.25, 0.3) is 11.0 Å². The minimum absolute atomic E-state index is 0.133. The lowest BCUT2D eigenvalue weighted by atomic mass is 10.0. The van der Waals surface area contributed by atoms with E-state index in [1.165, 1.54) is 5.56 Å². The summed E-state index contributed by atoms with van der Waals surface area (Å²) in [4.78, 5) is 17.3. The lowest BCUT2D eigenvalue weighted by Crippen LogP contribution is -2.25. The summed E-state index contributed by atoms with van der Waals surface area (Å²) in [6.45, 7) is 5.83. The highest BCUT2D eigenvalue weighted by molar-refractivity contribution is 9.10. The predicted molar refractivity (Wildman–Crippen MR) is 131 cm³/mol. The molecule has 0 unspecified atom stereocenters. The molecule has 0 radical (unpaired) electrons. The lowest BCUT2D eigenvalue weighted by molar-refractivity contribution is 0.0949. The van der Waals surface area contributed by atoms with E-state index in [-0.39, 0.29) is 5.91 Å². The molecule has 6 heteroatoms. The average Bonchev–Trinajstić information content (AvgIpc) is 3.15. The Morgan fingerprint density at radius 1 is 1.06 bits per heavy atom. The number of benzene rings is 3. The highest BCUT2D eigenvalue weighted by Gasteiger charge is 2.13. The number of carbonyl (C=O) groups is 1. The maximum atomic E-state index is 12.6. The molecule has 0 saturated carbocycles. The molecule has 0 fully saturated rings. The molecule has 164 valence electrons. The molecule has 3 aromatic carbocycles. The van der Waals surface area contributed by atoms with Gasteiger partial charge in [0.05, 0.1) is 24.1 Å². The van der Waals surface area contributed by atoms with Crippen LogP contribution in [0.2, 0.25) is 0 Å². The number of ether oxygens (including phenoxy) is 1. The molecule has 0 atom stereocenters. The molecule has 0 bridgehead atoms. The number of imidazole rings is 1. The molecule has 1 aromatic heterocycles. The van der Waals surface area contributed by atoms with Gasteiger partial charge in [0.2, 0.25) is 0 Å². The summed E-state index contributed by atoms with van der Waals surface area (Å²) in [5.74, 6) is 2.01. The van der Waals surface area contributed by atoms with Crippen molar-refractivity contribution in [3.8, 4) is 5.75 Å². The Balaban J connectivity index is 1.45. The van der Waals surface area contributed by atoms with Crippen LogP contribution in [0.1, 0.15) is 41.5 Å². The third-order valence-electron chi connectivity index (χ3n) is 5.36. The van der Waals surface area contributed by atoms with Gasteiger partial charge in [-0.2, -0.15) is 0 Å². The Kier molecular flexibility index (Phi) is 6.90. The predicted octanol–water partition coefficient (Wildman–Crippen LogP) is 5.93. The normalized spacial score (nSPS) is 11.1. The van der Waals surface area contributed by atoms with Crippen molar-refractivity contribution >= 4 is 32.9 Å².